The van der Waals surface area contributed by atoms with Gasteiger partial charge < -0.3 is 10.1 Å². The number of carbonyl (C=O) groups is 1. The molecule has 3 aromatic rings. The van der Waals surface area contributed by atoms with Crippen LogP contribution in [0.4, 0.5) is 17.3 Å². The standard InChI is InChI=1S/C21H21N5O6S/c1-13-10-17(6-9-19(13)26(28)29)32-12-20(27)24-16-4-7-18(8-5-16)33(30,31)25-21-22-14(2)11-15(3)23-21/h4-11H,12H2,1-3H3,(H,24,27)(H,22,23,25). The second-order valence-corrected chi connectivity index (χ2v) is 8.83. The molecule has 1 amide bonds. The van der Waals surface area contributed by atoms with Gasteiger partial charge in [-0.15, -0.1) is 0 Å². The van der Waals surface area contributed by atoms with Crippen LogP contribution in [0, 0.1) is 30.9 Å². The third-order valence-electron chi connectivity index (χ3n) is 4.39. The second kappa shape index (κ2) is 9.61. The maximum Gasteiger partial charge on any atom is 0.272 e. The summed E-state index contributed by atoms with van der Waals surface area (Å²) in [6.45, 7) is 4.71. The van der Waals surface area contributed by atoms with Crippen molar-refractivity contribution in [1.29, 1.82) is 0 Å². The lowest BCUT2D eigenvalue weighted by Gasteiger charge is -2.10. The molecule has 33 heavy (non-hydrogen) atoms. The van der Waals surface area contributed by atoms with Gasteiger partial charge in [0.1, 0.15) is 5.75 Å². The van der Waals surface area contributed by atoms with E-state index in [0.717, 1.165) is 0 Å². The summed E-state index contributed by atoms with van der Waals surface area (Å²) >= 11 is 0. The SMILES string of the molecule is Cc1cc(C)nc(NS(=O)(=O)c2ccc(NC(=O)COc3ccc([N+](=O)[O-])c(C)c3)cc2)n1. The summed E-state index contributed by atoms with van der Waals surface area (Å²) in [5, 5.41) is 13.4. The van der Waals surface area contributed by atoms with Gasteiger partial charge in [-0.2, -0.15) is 0 Å². The zero-order valence-electron chi connectivity index (χ0n) is 18.0. The number of carbonyl (C=O) groups excluding carboxylic acids is 1. The molecule has 0 aliphatic carbocycles. The Morgan fingerprint density at radius 2 is 1.67 bits per heavy atom. The quantitative estimate of drug-likeness (QED) is 0.375. The van der Waals surface area contributed by atoms with Crippen molar-refractivity contribution in [3.8, 4) is 5.75 Å². The number of rotatable bonds is 8. The first-order chi connectivity index (χ1) is 15.5. The van der Waals surface area contributed by atoms with Crippen LogP contribution in [0.25, 0.3) is 0 Å². The number of nitrogens with zero attached hydrogens (tertiary/aromatic N) is 3. The van der Waals surface area contributed by atoms with Gasteiger partial charge in [0.2, 0.25) is 5.95 Å². The molecule has 0 spiro atoms. The normalized spacial score (nSPS) is 11.0. The van der Waals surface area contributed by atoms with Crippen LogP contribution in [0.15, 0.2) is 53.4 Å². The van der Waals surface area contributed by atoms with Gasteiger partial charge in [-0.3, -0.25) is 14.9 Å². The van der Waals surface area contributed by atoms with E-state index in [2.05, 4.69) is 20.0 Å². The van der Waals surface area contributed by atoms with Gasteiger partial charge >= 0.3 is 0 Å². The number of nitro benzene ring substituents is 1. The molecule has 0 aliphatic rings. The highest BCUT2D eigenvalue weighted by molar-refractivity contribution is 7.92. The second-order valence-electron chi connectivity index (χ2n) is 7.15. The molecule has 0 radical (unpaired) electrons. The van der Waals surface area contributed by atoms with Crippen LogP contribution >= 0.6 is 0 Å². The molecule has 12 heteroatoms. The predicted octanol–water partition coefficient (Wildman–Crippen LogP) is 3.13. The van der Waals surface area contributed by atoms with Gasteiger partial charge in [0.25, 0.3) is 21.6 Å². The van der Waals surface area contributed by atoms with Gasteiger partial charge in [0, 0.05) is 28.7 Å². The molecule has 0 atom stereocenters. The zero-order valence-corrected chi connectivity index (χ0v) is 18.8. The monoisotopic (exact) mass is 471 g/mol. The number of aryl methyl sites for hydroxylation is 3. The van der Waals surface area contributed by atoms with E-state index in [4.69, 9.17) is 4.74 Å². The van der Waals surface area contributed by atoms with Gasteiger partial charge in [-0.25, -0.2) is 23.1 Å². The number of ether oxygens (including phenoxy) is 1. The molecular weight excluding hydrogens is 450 g/mol. The first-order valence-corrected chi connectivity index (χ1v) is 11.1. The molecule has 0 saturated carbocycles. The maximum atomic E-state index is 12.6. The van der Waals surface area contributed by atoms with Gasteiger partial charge in [0.15, 0.2) is 6.61 Å². The molecule has 0 bridgehead atoms. The Labute approximate surface area is 190 Å². The average Bonchev–Trinajstić information content (AvgIpc) is 2.71. The van der Waals surface area contributed by atoms with E-state index < -0.39 is 20.9 Å². The number of amides is 1. The Hall–Kier alpha value is -4.06. The summed E-state index contributed by atoms with van der Waals surface area (Å²) in [6, 6.07) is 11.4. The molecule has 1 aromatic heterocycles. The van der Waals surface area contributed by atoms with Crippen LogP contribution in [0.5, 0.6) is 5.75 Å². The summed E-state index contributed by atoms with van der Waals surface area (Å²) in [7, 11) is -3.91. The Balaban J connectivity index is 1.60. The van der Waals surface area contributed by atoms with Gasteiger partial charge in [-0.05, 0) is 63.2 Å². The predicted molar refractivity (Wildman–Crippen MR) is 121 cm³/mol. The summed E-state index contributed by atoms with van der Waals surface area (Å²) in [5.74, 6) is -0.193. The highest BCUT2D eigenvalue weighted by atomic mass is 32.2. The zero-order chi connectivity index (χ0) is 24.2. The third kappa shape index (κ3) is 6.23. The number of aromatic nitrogens is 2. The molecule has 1 heterocycles. The van der Waals surface area contributed by atoms with Gasteiger partial charge in [-0.1, -0.05) is 0 Å². The average molecular weight is 471 g/mol. The fourth-order valence-corrected chi connectivity index (χ4v) is 3.88. The summed E-state index contributed by atoms with van der Waals surface area (Å²) < 4.78 is 32.8. The maximum absolute atomic E-state index is 12.6. The Morgan fingerprint density at radius 1 is 1.03 bits per heavy atom. The smallest absolute Gasteiger partial charge is 0.272 e. The number of benzene rings is 2. The Bertz CT molecular complexity index is 1290. The van der Waals surface area contributed by atoms with Crippen LogP contribution in [-0.2, 0) is 14.8 Å². The number of hydrogen-bond acceptors (Lipinski definition) is 8. The molecule has 0 fully saturated rings. The molecule has 2 N–H and O–H groups in total. The Kier molecular flexibility index (Phi) is 6.87. The molecule has 11 nitrogen and oxygen atoms in total. The minimum atomic E-state index is -3.91. The number of nitrogens with one attached hydrogen (secondary N) is 2. The molecule has 3 rings (SSSR count). The minimum absolute atomic E-state index is 0.0245. The highest BCUT2D eigenvalue weighted by Gasteiger charge is 2.17. The van der Waals surface area contributed by atoms with Crippen molar-refractivity contribution < 1.29 is 22.9 Å². The van der Waals surface area contributed by atoms with Crippen molar-refractivity contribution in [2.24, 2.45) is 0 Å². The van der Waals surface area contributed by atoms with Gasteiger partial charge in [0.05, 0.1) is 9.82 Å². The largest absolute Gasteiger partial charge is 0.484 e. The molecule has 172 valence electrons. The molecule has 0 saturated heterocycles. The lowest BCUT2D eigenvalue weighted by molar-refractivity contribution is -0.385. The van der Waals surface area contributed by atoms with E-state index in [0.29, 0.717) is 28.4 Å². The molecule has 0 unspecified atom stereocenters. The number of hydrogen-bond donors (Lipinski definition) is 2. The summed E-state index contributed by atoms with van der Waals surface area (Å²) in [5.41, 5.74) is 1.99. The summed E-state index contributed by atoms with van der Waals surface area (Å²) in [6.07, 6.45) is 0. The lowest BCUT2D eigenvalue weighted by Crippen LogP contribution is -2.20. The minimum Gasteiger partial charge on any atom is -0.484 e. The molecule has 0 aliphatic heterocycles. The van der Waals surface area contributed by atoms with E-state index >= 15 is 0 Å². The topological polar surface area (TPSA) is 153 Å². The van der Waals surface area contributed by atoms with Crippen LogP contribution in [-0.4, -0.2) is 35.8 Å². The van der Waals surface area contributed by atoms with Crippen molar-refractivity contribution in [2.45, 2.75) is 25.7 Å². The first kappa shape index (κ1) is 23.6. The van der Waals surface area contributed by atoms with E-state index in [-0.39, 0.29) is 23.1 Å². The van der Waals surface area contributed by atoms with Crippen molar-refractivity contribution >= 4 is 33.3 Å². The van der Waals surface area contributed by atoms with Crippen LogP contribution < -0.4 is 14.8 Å². The Morgan fingerprint density at radius 3 is 2.24 bits per heavy atom. The van der Waals surface area contributed by atoms with Crippen molar-refractivity contribution in [2.75, 3.05) is 16.6 Å². The van der Waals surface area contributed by atoms with E-state index in [1.165, 1.54) is 42.5 Å². The molecular formula is C21H21N5O6S. The van der Waals surface area contributed by atoms with Crippen molar-refractivity contribution in [3.63, 3.8) is 0 Å². The number of anilines is 2. The fourth-order valence-electron chi connectivity index (χ4n) is 2.94. The van der Waals surface area contributed by atoms with Crippen LogP contribution in [0.1, 0.15) is 17.0 Å². The van der Waals surface area contributed by atoms with Crippen LogP contribution in [0.2, 0.25) is 0 Å². The highest BCUT2D eigenvalue weighted by Crippen LogP contribution is 2.23. The van der Waals surface area contributed by atoms with Crippen molar-refractivity contribution in [1.82, 2.24) is 9.97 Å². The third-order valence-corrected chi connectivity index (χ3v) is 5.74. The van der Waals surface area contributed by atoms with E-state index in [9.17, 15) is 23.3 Å². The number of sulfonamides is 1. The van der Waals surface area contributed by atoms with Crippen LogP contribution in [0.3, 0.4) is 0 Å². The van der Waals surface area contributed by atoms with E-state index in [1.807, 2.05) is 0 Å². The lowest BCUT2D eigenvalue weighted by atomic mass is 10.2. The molecule has 2 aromatic carbocycles. The first-order valence-electron chi connectivity index (χ1n) is 9.66. The van der Waals surface area contributed by atoms with Crippen molar-refractivity contribution in [3.05, 3.63) is 75.6 Å². The number of nitro groups is 1. The fraction of sp³-hybridized carbons (Fsp3) is 0.190. The van der Waals surface area contributed by atoms with E-state index in [1.54, 1.807) is 26.8 Å². The summed E-state index contributed by atoms with van der Waals surface area (Å²) in [4.78, 5) is 30.6.